The SMILES string of the molecule is C=C[C@@]1(C(F)(F)F)O[C@@H]1c1ccccc1. The van der Waals surface area contributed by atoms with E-state index in [1.165, 1.54) is 0 Å². The van der Waals surface area contributed by atoms with E-state index in [1.807, 2.05) is 0 Å². The van der Waals surface area contributed by atoms with Crippen LogP contribution in [0.15, 0.2) is 43.0 Å². The van der Waals surface area contributed by atoms with Crippen LogP contribution in [0.3, 0.4) is 0 Å². The van der Waals surface area contributed by atoms with E-state index in [0.29, 0.717) is 5.56 Å². The quantitative estimate of drug-likeness (QED) is 0.543. The van der Waals surface area contributed by atoms with E-state index in [0.717, 1.165) is 6.08 Å². The van der Waals surface area contributed by atoms with Gasteiger partial charge in [0.2, 0.25) is 5.60 Å². The van der Waals surface area contributed by atoms with E-state index in [1.54, 1.807) is 30.3 Å². The van der Waals surface area contributed by atoms with Gasteiger partial charge in [-0.2, -0.15) is 13.2 Å². The first-order valence-corrected chi connectivity index (χ1v) is 4.44. The van der Waals surface area contributed by atoms with Gasteiger partial charge in [-0.25, -0.2) is 0 Å². The molecule has 15 heavy (non-hydrogen) atoms. The lowest BCUT2D eigenvalue weighted by atomic mass is 9.99. The number of hydrogen-bond donors (Lipinski definition) is 0. The second-order valence-electron chi connectivity index (χ2n) is 3.40. The van der Waals surface area contributed by atoms with Gasteiger partial charge in [0.15, 0.2) is 0 Å². The normalized spacial score (nSPS) is 29.9. The molecule has 1 heterocycles. The van der Waals surface area contributed by atoms with Crippen LogP contribution in [0.2, 0.25) is 0 Å². The van der Waals surface area contributed by atoms with Crippen molar-refractivity contribution in [2.45, 2.75) is 17.9 Å². The van der Waals surface area contributed by atoms with E-state index in [-0.39, 0.29) is 0 Å². The molecule has 0 spiro atoms. The standard InChI is InChI=1S/C11H9F3O/c1-2-10(11(12,13)14)9(15-10)8-6-4-3-5-7-8/h2-7,9H,1H2/t9-,10-/m1/s1. The molecule has 0 amide bonds. The molecular weight excluding hydrogens is 205 g/mol. The van der Waals surface area contributed by atoms with Gasteiger partial charge in [0.1, 0.15) is 6.10 Å². The predicted octanol–water partition coefficient (Wildman–Crippen LogP) is 3.25. The monoisotopic (exact) mass is 214 g/mol. The summed E-state index contributed by atoms with van der Waals surface area (Å²) >= 11 is 0. The number of ether oxygens (including phenoxy) is 1. The number of hydrogen-bond acceptors (Lipinski definition) is 1. The average molecular weight is 214 g/mol. The van der Waals surface area contributed by atoms with Crippen molar-refractivity contribution in [1.82, 2.24) is 0 Å². The Hall–Kier alpha value is -1.29. The smallest absolute Gasteiger partial charge is 0.347 e. The molecule has 0 aliphatic carbocycles. The molecule has 1 fully saturated rings. The highest BCUT2D eigenvalue weighted by Gasteiger charge is 2.71. The number of rotatable bonds is 2. The molecule has 4 heteroatoms. The molecule has 2 rings (SSSR count). The highest BCUT2D eigenvalue weighted by Crippen LogP contribution is 2.59. The zero-order valence-corrected chi connectivity index (χ0v) is 7.79. The molecule has 1 aromatic carbocycles. The Morgan fingerprint density at radius 2 is 1.87 bits per heavy atom. The molecule has 1 saturated heterocycles. The molecule has 2 atom stereocenters. The molecule has 1 aromatic rings. The molecule has 80 valence electrons. The minimum absolute atomic E-state index is 0.523. The minimum Gasteiger partial charge on any atom is -0.347 e. The van der Waals surface area contributed by atoms with E-state index >= 15 is 0 Å². The first-order chi connectivity index (χ1) is 7.01. The Labute approximate surface area is 85.2 Å². The summed E-state index contributed by atoms with van der Waals surface area (Å²) in [5.74, 6) is 0. The number of halogens is 3. The number of alkyl halides is 3. The molecule has 0 N–H and O–H groups in total. The summed E-state index contributed by atoms with van der Waals surface area (Å²) in [7, 11) is 0. The third-order valence-electron chi connectivity index (χ3n) is 2.49. The van der Waals surface area contributed by atoms with Gasteiger partial charge in [0, 0.05) is 0 Å². The Morgan fingerprint density at radius 1 is 1.27 bits per heavy atom. The topological polar surface area (TPSA) is 12.5 Å². The lowest BCUT2D eigenvalue weighted by molar-refractivity contribution is -0.169. The van der Waals surface area contributed by atoms with Crippen LogP contribution in [0.4, 0.5) is 13.2 Å². The van der Waals surface area contributed by atoms with Gasteiger partial charge in [-0.15, -0.1) is 0 Å². The second-order valence-corrected chi connectivity index (χ2v) is 3.40. The fraction of sp³-hybridized carbons (Fsp3) is 0.273. The van der Waals surface area contributed by atoms with Crippen molar-refractivity contribution in [3.63, 3.8) is 0 Å². The lowest BCUT2D eigenvalue weighted by Gasteiger charge is -2.11. The minimum atomic E-state index is -4.41. The lowest BCUT2D eigenvalue weighted by Crippen LogP contribution is -2.31. The Bertz CT molecular complexity index is 371. The van der Waals surface area contributed by atoms with Crippen LogP contribution in [0.25, 0.3) is 0 Å². The Kier molecular flexibility index (Phi) is 2.12. The van der Waals surface area contributed by atoms with Gasteiger partial charge in [0.25, 0.3) is 0 Å². The summed E-state index contributed by atoms with van der Waals surface area (Å²) in [5.41, 5.74) is -1.66. The van der Waals surface area contributed by atoms with Crippen LogP contribution in [-0.4, -0.2) is 11.8 Å². The summed E-state index contributed by atoms with van der Waals surface area (Å²) < 4.78 is 42.7. The third kappa shape index (κ3) is 1.45. The molecule has 1 aliphatic rings. The van der Waals surface area contributed by atoms with Crippen LogP contribution < -0.4 is 0 Å². The molecule has 0 saturated carbocycles. The summed E-state index contributed by atoms with van der Waals surface area (Å²) in [5, 5.41) is 0. The van der Waals surface area contributed by atoms with Crippen LogP contribution in [0.5, 0.6) is 0 Å². The van der Waals surface area contributed by atoms with Crippen molar-refractivity contribution in [3.05, 3.63) is 48.6 Å². The first-order valence-electron chi connectivity index (χ1n) is 4.44. The average Bonchev–Trinajstić information content (AvgIpc) is 2.94. The molecule has 0 bridgehead atoms. The maximum Gasteiger partial charge on any atom is 0.424 e. The van der Waals surface area contributed by atoms with E-state index in [9.17, 15) is 13.2 Å². The van der Waals surface area contributed by atoms with Gasteiger partial charge in [-0.1, -0.05) is 36.9 Å². The van der Waals surface area contributed by atoms with Gasteiger partial charge in [0.05, 0.1) is 0 Å². The molecule has 0 unspecified atom stereocenters. The Balaban J connectivity index is 2.28. The van der Waals surface area contributed by atoms with Gasteiger partial charge in [-0.3, -0.25) is 0 Å². The highest BCUT2D eigenvalue weighted by atomic mass is 19.4. The van der Waals surface area contributed by atoms with Crippen molar-refractivity contribution in [2.75, 3.05) is 0 Å². The Morgan fingerprint density at radius 3 is 2.27 bits per heavy atom. The van der Waals surface area contributed by atoms with E-state index in [2.05, 4.69) is 6.58 Å². The van der Waals surface area contributed by atoms with Crippen LogP contribution >= 0.6 is 0 Å². The van der Waals surface area contributed by atoms with Crippen molar-refractivity contribution in [1.29, 1.82) is 0 Å². The van der Waals surface area contributed by atoms with Crippen molar-refractivity contribution >= 4 is 0 Å². The fourth-order valence-corrected chi connectivity index (χ4v) is 1.59. The predicted molar refractivity (Wildman–Crippen MR) is 49.3 cm³/mol. The molecular formula is C11H9F3O. The maximum atomic E-state index is 12.6. The van der Waals surface area contributed by atoms with Crippen molar-refractivity contribution < 1.29 is 17.9 Å². The third-order valence-corrected chi connectivity index (χ3v) is 2.49. The zero-order chi connectivity index (χ0) is 11.1. The summed E-state index contributed by atoms with van der Waals surface area (Å²) in [6, 6.07) is 8.33. The van der Waals surface area contributed by atoms with Crippen molar-refractivity contribution in [3.8, 4) is 0 Å². The first kappa shape index (κ1) is 10.2. The summed E-state index contributed by atoms with van der Waals surface area (Å²) in [4.78, 5) is 0. The van der Waals surface area contributed by atoms with Crippen LogP contribution in [0, 0.1) is 0 Å². The van der Waals surface area contributed by atoms with Gasteiger partial charge in [-0.05, 0) is 11.6 Å². The molecule has 0 radical (unpaired) electrons. The van der Waals surface area contributed by atoms with Gasteiger partial charge < -0.3 is 4.74 Å². The number of epoxide rings is 1. The van der Waals surface area contributed by atoms with Gasteiger partial charge >= 0.3 is 6.18 Å². The molecule has 1 nitrogen and oxygen atoms in total. The van der Waals surface area contributed by atoms with Crippen molar-refractivity contribution in [2.24, 2.45) is 0 Å². The van der Waals surface area contributed by atoms with E-state index < -0.39 is 17.9 Å². The zero-order valence-electron chi connectivity index (χ0n) is 7.79. The van der Waals surface area contributed by atoms with Crippen LogP contribution in [-0.2, 0) is 4.74 Å². The fourth-order valence-electron chi connectivity index (χ4n) is 1.59. The molecule has 1 aliphatic heterocycles. The highest BCUT2D eigenvalue weighted by molar-refractivity contribution is 5.32. The van der Waals surface area contributed by atoms with E-state index in [4.69, 9.17) is 4.74 Å². The second kappa shape index (κ2) is 3.10. The summed E-state index contributed by atoms with van der Waals surface area (Å²) in [6.45, 7) is 3.19. The summed E-state index contributed by atoms with van der Waals surface area (Å²) in [6.07, 6.45) is -4.53. The largest absolute Gasteiger partial charge is 0.424 e. The van der Waals surface area contributed by atoms with Crippen LogP contribution in [0.1, 0.15) is 11.7 Å². The maximum absolute atomic E-state index is 12.6. The molecule has 0 aromatic heterocycles. The number of benzene rings is 1.